The van der Waals surface area contributed by atoms with Crippen molar-refractivity contribution in [3.63, 3.8) is 0 Å². The molecule has 1 rings (SSSR count). The maximum atomic E-state index is 11.1. The van der Waals surface area contributed by atoms with Crippen molar-refractivity contribution < 1.29 is 14.6 Å². The van der Waals surface area contributed by atoms with Gasteiger partial charge < -0.3 is 15.6 Å². The van der Waals surface area contributed by atoms with Gasteiger partial charge >= 0.3 is 6.03 Å². The number of aliphatic hydroxyl groups excluding tert-OH is 1. The number of carbonyl (C=O) groups excluding carboxylic acids is 1. The van der Waals surface area contributed by atoms with Crippen LogP contribution in [0.25, 0.3) is 0 Å². The second-order valence-corrected chi connectivity index (χ2v) is 2.91. The van der Waals surface area contributed by atoms with Gasteiger partial charge in [-0.05, 0) is 24.3 Å². The molecule has 0 atom stereocenters. The van der Waals surface area contributed by atoms with E-state index in [9.17, 15) is 4.79 Å². The molecule has 1 aromatic carbocycles. The van der Waals surface area contributed by atoms with Crippen molar-refractivity contribution in [1.29, 1.82) is 0 Å². The van der Waals surface area contributed by atoms with Crippen molar-refractivity contribution >= 4 is 11.7 Å². The number of amides is 2. The molecular weight excluding hydrogens is 196 g/mol. The van der Waals surface area contributed by atoms with E-state index >= 15 is 0 Å². The summed E-state index contributed by atoms with van der Waals surface area (Å²) in [6.45, 7) is 0.0522. The summed E-state index contributed by atoms with van der Waals surface area (Å²) in [7, 11) is 1.56. The van der Waals surface area contributed by atoms with E-state index < -0.39 is 6.03 Å². The van der Waals surface area contributed by atoms with Crippen LogP contribution < -0.4 is 15.4 Å². The molecule has 0 aromatic heterocycles. The van der Waals surface area contributed by atoms with Gasteiger partial charge in [0.25, 0.3) is 0 Å². The van der Waals surface area contributed by atoms with Crippen LogP contribution in [-0.2, 0) is 0 Å². The first-order valence-electron chi connectivity index (χ1n) is 4.51. The zero-order chi connectivity index (χ0) is 11.3. The number of aliphatic hydroxyl groups is 1. The van der Waals surface area contributed by atoms with Crippen LogP contribution in [0, 0.1) is 0 Å². The molecule has 2 amide bonds. The molecule has 15 heavy (non-hydrogen) atoms. The Labute approximate surface area is 88.1 Å². The van der Waals surface area contributed by atoms with E-state index in [0.717, 1.165) is 0 Å². The third kappa shape index (κ3) is 2.85. The minimum absolute atomic E-state index is 0.130. The molecule has 0 aliphatic heterocycles. The highest BCUT2D eigenvalue weighted by molar-refractivity contribution is 5.90. The molecule has 0 aliphatic rings. The maximum Gasteiger partial charge on any atom is 0.319 e. The van der Waals surface area contributed by atoms with Gasteiger partial charge in [-0.25, -0.2) is 4.79 Å². The van der Waals surface area contributed by atoms with Crippen LogP contribution in [0.1, 0.15) is 0 Å². The first kappa shape index (κ1) is 11.3. The summed E-state index contributed by atoms with van der Waals surface area (Å²) in [6.07, 6.45) is 0. The van der Waals surface area contributed by atoms with Crippen LogP contribution in [0.5, 0.6) is 5.75 Å². The summed E-state index contributed by atoms with van der Waals surface area (Å²) >= 11 is 0. The highest BCUT2D eigenvalue weighted by atomic mass is 16.5. The molecule has 0 radical (unpaired) electrons. The minimum atomic E-state index is -0.589. The maximum absolute atomic E-state index is 11.1. The van der Waals surface area contributed by atoms with Gasteiger partial charge in [0.1, 0.15) is 5.75 Å². The Hall–Kier alpha value is -1.75. The molecular formula is C10H14N2O3. The van der Waals surface area contributed by atoms with Crippen LogP contribution in [-0.4, -0.2) is 31.4 Å². The van der Waals surface area contributed by atoms with Crippen LogP contribution in [0.15, 0.2) is 24.3 Å². The van der Waals surface area contributed by atoms with Gasteiger partial charge in [0.05, 0.1) is 20.3 Å². The standard InChI is InChI=1S/C10H14N2O3/c1-15-9-4-2-8(3-5-9)12(6-7-13)10(11)14/h2-5,13H,6-7H2,1H3,(H2,11,14). The molecule has 0 spiro atoms. The average molecular weight is 210 g/mol. The fourth-order valence-electron chi connectivity index (χ4n) is 1.23. The lowest BCUT2D eigenvalue weighted by molar-refractivity contribution is 0.249. The first-order chi connectivity index (χ1) is 7.19. The summed E-state index contributed by atoms with van der Waals surface area (Å²) in [5.74, 6) is 0.701. The normalized spacial score (nSPS) is 9.73. The molecule has 3 N–H and O–H groups in total. The van der Waals surface area contributed by atoms with E-state index in [1.165, 1.54) is 4.90 Å². The molecule has 0 bridgehead atoms. The summed E-state index contributed by atoms with van der Waals surface area (Å²) in [5.41, 5.74) is 5.81. The smallest absolute Gasteiger partial charge is 0.319 e. The summed E-state index contributed by atoms with van der Waals surface area (Å²) in [5, 5.41) is 8.77. The topological polar surface area (TPSA) is 75.8 Å². The molecule has 5 nitrogen and oxygen atoms in total. The number of benzene rings is 1. The number of methoxy groups -OCH3 is 1. The first-order valence-corrected chi connectivity index (χ1v) is 4.51. The highest BCUT2D eigenvalue weighted by Crippen LogP contribution is 2.18. The molecule has 0 saturated heterocycles. The second kappa shape index (κ2) is 5.21. The van der Waals surface area contributed by atoms with E-state index in [2.05, 4.69) is 0 Å². The van der Waals surface area contributed by atoms with Crippen LogP contribution >= 0.6 is 0 Å². The zero-order valence-corrected chi connectivity index (χ0v) is 8.51. The second-order valence-electron chi connectivity index (χ2n) is 2.91. The largest absolute Gasteiger partial charge is 0.497 e. The number of ether oxygens (including phenoxy) is 1. The SMILES string of the molecule is COc1ccc(N(CCO)C(N)=O)cc1. The number of rotatable bonds is 4. The van der Waals surface area contributed by atoms with Crippen molar-refractivity contribution in [3.05, 3.63) is 24.3 Å². The highest BCUT2D eigenvalue weighted by Gasteiger charge is 2.10. The van der Waals surface area contributed by atoms with Gasteiger partial charge in [0, 0.05) is 5.69 Å². The Morgan fingerprint density at radius 1 is 1.47 bits per heavy atom. The van der Waals surface area contributed by atoms with E-state index in [1.807, 2.05) is 0 Å². The number of nitrogens with two attached hydrogens (primary N) is 1. The van der Waals surface area contributed by atoms with Crippen molar-refractivity contribution in [3.8, 4) is 5.75 Å². The number of hydrogen-bond donors (Lipinski definition) is 2. The number of hydrogen-bond acceptors (Lipinski definition) is 3. The fraction of sp³-hybridized carbons (Fsp3) is 0.300. The quantitative estimate of drug-likeness (QED) is 0.763. The van der Waals surface area contributed by atoms with E-state index in [0.29, 0.717) is 11.4 Å². The number of anilines is 1. The van der Waals surface area contributed by atoms with Gasteiger partial charge in [-0.15, -0.1) is 0 Å². The Bertz CT molecular complexity index is 324. The molecule has 1 aromatic rings. The molecule has 82 valence electrons. The van der Waals surface area contributed by atoms with Crippen molar-refractivity contribution in [2.75, 3.05) is 25.2 Å². The molecule has 0 unspecified atom stereocenters. The third-order valence-electron chi connectivity index (χ3n) is 1.97. The predicted molar refractivity (Wildman–Crippen MR) is 57.0 cm³/mol. The average Bonchev–Trinajstić information content (AvgIpc) is 2.26. The molecule has 0 aliphatic carbocycles. The number of urea groups is 1. The van der Waals surface area contributed by atoms with Gasteiger partial charge in [0.2, 0.25) is 0 Å². The van der Waals surface area contributed by atoms with Gasteiger partial charge in [0.15, 0.2) is 0 Å². The fourth-order valence-corrected chi connectivity index (χ4v) is 1.23. The van der Waals surface area contributed by atoms with E-state index in [4.69, 9.17) is 15.6 Å². The number of primary amides is 1. The van der Waals surface area contributed by atoms with Crippen molar-refractivity contribution in [2.24, 2.45) is 5.73 Å². The molecule has 0 heterocycles. The summed E-state index contributed by atoms with van der Waals surface area (Å²) < 4.78 is 4.99. The number of nitrogens with zero attached hydrogens (tertiary/aromatic N) is 1. The zero-order valence-electron chi connectivity index (χ0n) is 8.51. The lowest BCUT2D eigenvalue weighted by Crippen LogP contribution is -2.37. The Balaban J connectivity index is 2.86. The minimum Gasteiger partial charge on any atom is -0.497 e. The summed E-state index contributed by atoms with van der Waals surface area (Å²) in [6, 6.07) is 6.28. The van der Waals surface area contributed by atoms with E-state index in [1.54, 1.807) is 31.4 Å². The molecule has 0 saturated carbocycles. The van der Waals surface area contributed by atoms with Crippen molar-refractivity contribution in [2.45, 2.75) is 0 Å². The molecule has 5 heteroatoms. The number of carbonyl (C=O) groups is 1. The van der Waals surface area contributed by atoms with E-state index in [-0.39, 0.29) is 13.2 Å². The van der Waals surface area contributed by atoms with Crippen molar-refractivity contribution in [1.82, 2.24) is 0 Å². The van der Waals surface area contributed by atoms with Crippen LogP contribution in [0.3, 0.4) is 0 Å². The van der Waals surface area contributed by atoms with Gasteiger partial charge in [-0.1, -0.05) is 0 Å². The Kier molecular flexibility index (Phi) is 3.93. The Morgan fingerprint density at radius 3 is 2.47 bits per heavy atom. The Morgan fingerprint density at radius 2 is 2.07 bits per heavy atom. The predicted octanol–water partition coefficient (Wildman–Crippen LogP) is 0.573. The van der Waals surface area contributed by atoms with Gasteiger partial charge in [-0.2, -0.15) is 0 Å². The third-order valence-corrected chi connectivity index (χ3v) is 1.97. The van der Waals surface area contributed by atoms with Gasteiger partial charge in [-0.3, -0.25) is 4.90 Å². The summed E-state index contributed by atoms with van der Waals surface area (Å²) in [4.78, 5) is 12.3. The van der Waals surface area contributed by atoms with Crippen LogP contribution in [0.2, 0.25) is 0 Å². The lowest BCUT2D eigenvalue weighted by Gasteiger charge is -2.19. The molecule has 0 fully saturated rings. The monoisotopic (exact) mass is 210 g/mol. The lowest BCUT2D eigenvalue weighted by atomic mass is 10.3. The van der Waals surface area contributed by atoms with Crippen LogP contribution in [0.4, 0.5) is 10.5 Å².